The van der Waals surface area contributed by atoms with E-state index in [-0.39, 0.29) is 48.3 Å². The van der Waals surface area contributed by atoms with Crippen molar-refractivity contribution in [2.24, 2.45) is 18.4 Å². The fourth-order valence-corrected chi connectivity index (χ4v) is 6.32. The summed E-state index contributed by atoms with van der Waals surface area (Å²) < 4.78 is 55.2. The van der Waals surface area contributed by atoms with E-state index < -0.39 is 20.0 Å². The summed E-state index contributed by atoms with van der Waals surface area (Å²) in [4.78, 5) is 4.09. The van der Waals surface area contributed by atoms with Crippen molar-refractivity contribution in [1.29, 1.82) is 0 Å². The first kappa shape index (κ1) is 21.3. The molecule has 8 nitrogen and oxygen atoms in total. The molecule has 1 saturated heterocycles. The number of rotatable bonds is 6. The van der Waals surface area contributed by atoms with Gasteiger partial charge in [0.05, 0.1) is 5.75 Å². The van der Waals surface area contributed by atoms with Crippen molar-refractivity contribution >= 4 is 20.0 Å². The average molecular weight is 407 g/mol. The van der Waals surface area contributed by atoms with Gasteiger partial charge >= 0.3 is 0 Å². The summed E-state index contributed by atoms with van der Waals surface area (Å²) in [6.07, 6.45) is 1.49. The van der Waals surface area contributed by atoms with Gasteiger partial charge in [-0.15, -0.1) is 0 Å². The van der Waals surface area contributed by atoms with Gasteiger partial charge in [0.1, 0.15) is 5.82 Å². The van der Waals surface area contributed by atoms with E-state index in [0.717, 1.165) is 0 Å². The normalized spacial score (nSPS) is 18.6. The Morgan fingerprint density at radius 2 is 1.58 bits per heavy atom. The molecule has 1 aliphatic rings. The van der Waals surface area contributed by atoms with Crippen molar-refractivity contribution in [3.63, 3.8) is 0 Å². The molecule has 0 unspecified atom stereocenters. The zero-order chi connectivity index (χ0) is 19.9. The van der Waals surface area contributed by atoms with Gasteiger partial charge in [0.2, 0.25) is 10.0 Å². The van der Waals surface area contributed by atoms with E-state index >= 15 is 0 Å². The number of aromatic nitrogens is 2. The highest BCUT2D eigenvalue weighted by Crippen LogP contribution is 2.29. The van der Waals surface area contributed by atoms with Crippen LogP contribution in [0.15, 0.2) is 11.2 Å². The van der Waals surface area contributed by atoms with Crippen LogP contribution in [-0.4, -0.2) is 66.9 Å². The number of hydrogen-bond acceptors (Lipinski definition) is 5. The molecule has 2 heterocycles. The predicted octanol–water partition coefficient (Wildman–Crippen LogP) is 1.05. The highest BCUT2D eigenvalue weighted by Gasteiger charge is 2.37. The van der Waals surface area contributed by atoms with E-state index in [1.165, 1.54) is 14.8 Å². The maximum atomic E-state index is 12.7. The number of nitrogens with zero attached hydrogens (tertiary/aromatic N) is 4. The van der Waals surface area contributed by atoms with Gasteiger partial charge in [-0.2, -0.15) is 8.61 Å². The van der Waals surface area contributed by atoms with Gasteiger partial charge in [-0.3, -0.25) is 0 Å². The van der Waals surface area contributed by atoms with Crippen LogP contribution in [0.1, 0.15) is 33.5 Å². The van der Waals surface area contributed by atoms with E-state index in [9.17, 15) is 16.8 Å². The molecule has 1 aromatic heterocycles. The van der Waals surface area contributed by atoms with E-state index in [2.05, 4.69) is 4.98 Å². The lowest BCUT2D eigenvalue weighted by Crippen LogP contribution is -2.52. The zero-order valence-electron chi connectivity index (χ0n) is 16.4. The second-order valence-electron chi connectivity index (χ2n) is 7.94. The topological polar surface area (TPSA) is 92.6 Å². The van der Waals surface area contributed by atoms with Crippen molar-refractivity contribution < 1.29 is 16.8 Å². The fourth-order valence-electron chi connectivity index (χ4n) is 2.70. The Morgan fingerprint density at radius 1 is 1.08 bits per heavy atom. The highest BCUT2D eigenvalue weighted by atomic mass is 32.2. The second kappa shape index (κ2) is 7.21. The maximum Gasteiger partial charge on any atom is 0.262 e. The van der Waals surface area contributed by atoms with Crippen LogP contribution in [0.2, 0.25) is 0 Å². The molecule has 0 amide bonds. The molecular formula is C16H30N4O4S2. The third-order valence-electron chi connectivity index (χ3n) is 5.40. The minimum absolute atomic E-state index is 0.00903. The summed E-state index contributed by atoms with van der Waals surface area (Å²) in [5.74, 6) is 0.899. The van der Waals surface area contributed by atoms with Crippen molar-refractivity contribution in [2.75, 3.05) is 31.9 Å². The number of aryl methyl sites for hydroxylation is 2. The van der Waals surface area contributed by atoms with Gasteiger partial charge in [-0.25, -0.2) is 21.8 Å². The third-order valence-corrected chi connectivity index (χ3v) is 9.43. The lowest BCUT2D eigenvalue weighted by atomic mass is 9.83. The molecule has 0 bridgehead atoms. The molecule has 26 heavy (non-hydrogen) atoms. The molecule has 150 valence electrons. The first-order valence-electron chi connectivity index (χ1n) is 8.75. The third kappa shape index (κ3) is 4.29. The fraction of sp³-hybridized carbons (Fsp3) is 0.812. The quantitative estimate of drug-likeness (QED) is 0.704. The monoisotopic (exact) mass is 406 g/mol. The lowest BCUT2D eigenvalue weighted by Gasteiger charge is -2.36. The van der Waals surface area contributed by atoms with Gasteiger partial charge in [0, 0.05) is 39.4 Å². The summed E-state index contributed by atoms with van der Waals surface area (Å²) >= 11 is 0. The SMILES string of the molecule is Cc1nc(S(=O)(=O)N2CCN(S(=O)(=O)CC(C)(C)C(C)C)CC2)cn1C. The molecule has 1 aromatic rings. The zero-order valence-corrected chi connectivity index (χ0v) is 18.1. The number of piperazine rings is 1. The van der Waals surface area contributed by atoms with Gasteiger partial charge < -0.3 is 4.57 Å². The largest absolute Gasteiger partial charge is 0.337 e. The number of sulfonamides is 2. The Bertz CT molecular complexity index is 829. The number of hydrogen-bond donors (Lipinski definition) is 0. The molecule has 2 rings (SSSR count). The van der Waals surface area contributed by atoms with Crippen molar-refractivity contribution in [3.8, 4) is 0 Å². The smallest absolute Gasteiger partial charge is 0.262 e. The first-order valence-corrected chi connectivity index (χ1v) is 11.8. The minimum Gasteiger partial charge on any atom is -0.337 e. The Labute approximate surface area is 157 Å². The van der Waals surface area contributed by atoms with Crippen molar-refractivity contribution in [1.82, 2.24) is 18.2 Å². The predicted molar refractivity (Wildman–Crippen MR) is 101 cm³/mol. The Kier molecular flexibility index (Phi) is 5.92. The van der Waals surface area contributed by atoms with Crippen LogP contribution in [-0.2, 0) is 27.1 Å². The standard InChI is InChI=1S/C16H30N4O4S2/c1-13(2)16(4,5)12-25(21,22)19-7-9-20(10-8-19)26(23,24)15-11-18(6)14(3)17-15/h11,13H,7-10,12H2,1-6H3. The lowest BCUT2D eigenvalue weighted by molar-refractivity contribution is 0.254. The van der Waals surface area contributed by atoms with Crippen LogP contribution in [0.25, 0.3) is 0 Å². The highest BCUT2D eigenvalue weighted by molar-refractivity contribution is 7.89. The van der Waals surface area contributed by atoms with E-state index in [0.29, 0.717) is 5.82 Å². The van der Waals surface area contributed by atoms with E-state index in [1.807, 2.05) is 27.7 Å². The van der Waals surface area contributed by atoms with Gasteiger partial charge in [-0.1, -0.05) is 27.7 Å². The molecule has 0 saturated carbocycles. The summed E-state index contributed by atoms with van der Waals surface area (Å²) in [7, 11) is -5.39. The van der Waals surface area contributed by atoms with Crippen LogP contribution in [0.3, 0.4) is 0 Å². The second-order valence-corrected chi connectivity index (χ2v) is 11.8. The summed E-state index contributed by atoms with van der Waals surface area (Å²) in [6, 6.07) is 0. The molecule has 0 aromatic carbocycles. The van der Waals surface area contributed by atoms with Crippen molar-refractivity contribution in [2.45, 2.75) is 39.6 Å². The summed E-state index contributed by atoms with van der Waals surface area (Å²) in [5.41, 5.74) is -0.340. The van der Waals surface area contributed by atoms with Gasteiger partial charge in [0.25, 0.3) is 10.0 Å². The summed E-state index contributed by atoms with van der Waals surface area (Å²) in [5, 5.41) is 0.00903. The first-order chi connectivity index (χ1) is 11.8. The summed E-state index contributed by atoms with van der Waals surface area (Å²) in [6.45, 7) is 10.3. The molecule has 0 radical (unpaired) electrons. The van der Waals surface area contributed by atoms with Gasteiger partial charge in [-0.05, 0) is 18.3 Å². The Balaban J connectivity index is 2.09. The minimum atomic E-state index is -3.70. The molecule has 10 heteroatoms. The number of imidazole rings is 1. The maximum absolute atomic E-state index is 12.7. The van der Waals surface area contributed by atoms with Crippen LogP contribution in [0, 0.1) is 18.3 Å². The van der Waals surface area contributed by atoms with Gasteiger partial charge in [0.15, 0.2) is 5.03 Å². The van der Waals surface area contributed by atoms with Crippen LogP contribution in [0.4, 0.5) is 0 Å². The molecule has 0 atom stereocenters. The van der Waals surface area contributed by atoms with Crippen LogP contribution < -0.4 is 0 Å². The van der Waals surface area contributed by atoms with Crippen LogP contribution >= 0.6 is 0 Å². The molecule has 1 fully saturated rings. The van der Waals surface area contributed by atoms with Crippen LogP contribution in [0.5, 0.6) is 0 Å². The molecule has 0 N–H and O–H groups in total. The average Bonchev–Trinajstić information content (AvgIpc) is 2.86. The molecular weight excluding hydrogens is 376 g/mol. The molecule has 0 aliphatic carbocycles. The van der Waals surface area contributed by atoms with E-state index in [1.54, 1.807) is 18.5 Å². The Hall–Kier alpha value is -0.970. The molecule has 1 aliphatic heterocycles. The van der Waals surface area contributed by atoms with Crippen molar-refractivity contribution in [3.05, 3.63) is 12.0 Å². The Morgan fingerprint density at radius 3 is 2.00 bits per heavy atom. The molecule has 0 spiro atoms. The van der Waals surface area contributed by atoms with E-state index in [4.69, 9.17) is 0 Å².